The van der Waals surface area contributed by atoms with Crippen LogP contribution >= 0.6 is 0 Å². The smallest absolute Gasteiger partial charge is 0.331 e. The van der Waals surface area contributed by atoms with Crippen LogP contribution in [0.5, 0.6) is 0 Å². The first-order valence-corrected chi connectivity index (χ1v) is 6.79. The number of carbonyl (C=O) groups excluding carboxylic acids is 1. The SMILES string of the molecule is CC1=C(/C=C\CN)C/C(=C/C(=O)OC(C)(C)C)CC1. The number of rotatable bonds is 3. The number of nitrogens with two attached hydrogens (primary N) is 1. The molecule has 19 heavy (non-hydrogen) atoms. The van der Waals surface area contributed by atoms with E-state index >= 15 is 0 Å². The summed E-state index contributed by atoms with van der Waals surface area (Å²) >= 11 is 0. The van der Waals surface area contributed by atoms with Gasteiger partial charge in [0, 0.05) is 12.6 Å². The molecule has 1 aliphatic carbocycles. The molecule has 0 fully saturated rings. The van der Waals surface area contributed by atoms with E-state index in [4.69, 9.17) is 10.5 Å². The van der Waals surface area contributed by atoms with Gasteiger partial charge in [0.25, 0.3) is 0 Å². The molecular formula is C16H25NO2. The fraction of sp³-hybridized carbons (Fsp3) is 0.562. The van der Waals surface area contributed by atoms with Gasteiger partial charge in [-0.15, -0.1) is 0 Å². The molecule has 3 nitrogen and oxygen atoms in total. The zero-order valence-corrected chi connectivity index (χ0v) is 12.5. The van der Waals surface area contributed by atoms with E-state index < -0.39 is 5.60 Å². The van der Waals surface area contributed by atoms with Crippen LogP contribution < -0.4 is 5.73 Å². The normalized spacial score (nSPS) is 19.3. The van der Waals surface area contributed by atoms with Gasteiger partial charge in [-0.1, -0.05) is 23.3 Å². The second kappa shape index (κ2) is 6.71. The number of allylic oxidation sites excluding steroid dienone is 4. The van der Waals surface area contributed by atoms with Crippen molar-refractivity contribution in [3.8, 4) is 0 Å². The second-order valence-corrected chi connectivity index (χ2v) is 5.96. The third-order valence-corrected chi connectivity index (χ3v) is 2.97. The molecule has 0 heterocycles. The fourth-order valence-corrected chi connectivity index (χ4v) is 2.03. The molecule has 0 spiro atoms. The van der Waals surface area contributed by atoms with Crippen molar-refractivity contribution in [3.05, 3.63) is 34.9 Å². The molecule has 106 valence electrons. The highest BCUT2D eigenvalue weighted by Gasteiger charge is 2.17. The molecule has 0 atom stereocenters. The summed E-state index contributed by atoms with van der Waals surface area (Å²) in [6.45, 7) is 8.32. The van der Waals surface area contributed by atoms with E-state index in [9.17, 15) is 4.79 Å². The molecule has 0 amide bonds. The Hall–Kier alpha value is -1.35. The molecule has 1 rings (SSSR count). The summed E-state index contributed by atoms with van der Waals surface area (Å²) in [4.78, 5) is 11.8. The number of hydrogen-bond donors (Lipinski definition) is 1. The van der Waals surface area contributed by atoms with E-state index in [0.717, 1.165) is 24.8 Å². The lowest BCUT2D eigenvalue weighted by atomic mass is 9.88. The standard InChI is InChI=1S/C16H25NO2/c1-12-7-8-13(10-14(12)6-5-9-17)11-15(18)19-16(2,3)4/h5-6,11H,7-10,17H2,1-4H3/b6-5-,13-11+. The van der Waals surface area contributed by atoms with Crippen molar-refractivity contribution in [2.75, 3.05) is 6.54 Å². The lowest BCUT2D eigenvalue weighted by molar-refractivity contribution is -0.148. The molecule has 2 N–H and O–H groups in total. The van der Waals surface area contributed by atoms with E-state index in [2.05, 4.69) is 13.0 Å². The van der Waals surface area contributed by atoms with Gasteiger partial charge in [-0.25, -0.2) is 4.79 Å². The van der Waals surface area contributed by atoms with E-state index in [1.807, 2.05) is 26.8 Å². The summed E-state index contributed by atoms with van der Waals surface area (Å²) < 4.78 is 5.31. The van der Waals surface area contributed by atoms with Crippen LogP contribution in [0.2, 0.25) is 0 Å². The molecule has 0 saturated heterocycles. The first-order valence-electron chi connectivity index (χ1n) is 6.79. The summed E-state index contributed by atoms with van der Waals surface area (Å²) in [7, 11) is 0. The summed E-state index contributed by atoms with van der Waals surface area (Å²) in [5, 5.41) is 0. The molecule has 1 aliphatic rings. The fourth-order valence-electron chi connectivity index (χ4n) is 2.03. The maximum Gasteiger partial charge on any atom is 0.331 e. The summed E-state index contributed by atoms with van der Waals surface area (Å²) in [5.41, 5.74) is 8.83. The van der Waals surface area contributed by atoms with Crippen LogP contribution in [0.3, 0.4) is 0 Å². The van der Waals surface area contributed by atoms with Gasteiger partial charge in [-0.2, -0.15) is 0 Å². The Kier molecular flexibility index (Phi) is 5.55. The zero-order chi connectivity index (χ0) is 14.5. The molecule has 0 bridgehead atoms. The molecule has 0 aromatic carbocycles. The van der Waals surface area contributed by atoms with Crippen molar-refractivity contribution in [1.82, 2.24) is 0 Å². The second-order valence-electron chi connectivity index (χ2n) is 5.96. The lowest BCUT2D eigenvalue weighted by Gasteiger charge is -2.21. The van der Waals surface area contributed by atoms with Crippen molar-refractivity contribution >= 4 is 5.97 Å². The monoisotopic (exact) mass is 263 g/mol. The molecule has 0 aromatic heterocycles. The average Bonchev–Trinajstić information content (AvgIpc) is 2.27. The van der Waals surface area contributed by atoms with Crippen LogP contribution in [0.1, 0.15) is 47.0 Å². The van der Waals surface area contributed by atoms with Crippen LogP contribution in [0.25, 0.3) is 0 Å². The van der Waals surface area contributed by atoms with Crippen LogP contribution in [0.4, 0.5) is 0 Å². The number of carbonyl (C=O) groups is 1. The highest BCUT2D eigenvalue weighted by atomic mass is 16.6. The van der Waals surface area contributed by atoms with Crippen molar-refractivity contribution in [2.45, 2.75) is 52.6 Å². The van der Waals surface area contributed by atoms with Crippen molar-refractivity contribution in [2.24, 2.45) is 5.73 Å². The van der Waals surface area contributed by atoms with E-state index in [0.29, 0.717) is 6.54 Å². The summed E-state index contributed by atoms with van der Waals surface area (Å²) in [5.74, 6) is -0.246. The van der Waals surface area contributed by atoms with Gasteiger partial charge in [0.15, 0.2) is 0 Å². The summed E-state index contributed by atoms with van der Waals surface area (Å²) in [6.07, 6.45) is 8.42. The topological polar surface area (TPSA) is 52.3 Å². The van der Waals surface area contributed by atoms with Gasteiger partial charge in [-0.05, 0) is 52.5 Å². The van der Waals surface area contributed by atoms with Crippen molar-refractivity contribution in [1.29, 1.82) is 0 Å². The third kappa shape index (κ3) is 5.88. The molecule has 0 aliphatic heterocycles. The molecule has 0 aromatic rings. The Morgan fingerprint density at radius 1 is 1.37 bits per heavy atom. The highest BCUT2D eigenvalue weighted by Crippen LogP contribution is 2.29. The minimum Gasteiger partial charge on any atom is -0.457 e. The summed E-state index contributed by atoms with van der Waals surface area (Å²) in [6, 6.07) is 0. The van der Waals surface area contributed by atoms with Crippen molar-refractivity contribution in [3.63, 3.8) is 0 Å². The Morgan fingerprint density at radius 3 is 2.63 bits per heavy atom. The van der Waals surface area contributed by atoms with Gasteiger partial charge in [0.1, 0.15) is 5.60 Å². The Bertz CT molecular complexity index is 423. The van der Waals surface area contributed by atoms with Crippen LogP contribution in [0, 0.1) is 0 Å². The zero-order valence-electron chi connectivity index (χ0n) is 12.5. The minimum atomic E-state index is -0.434. The van der Waals surface area contributed by atoms with Crippen LogP contribution in [-0.4, -0.2) is 18.1 Å². The Balaban J connectivity index is 2.72. The van der Waals surface area contributed by atoms with Gasteiger partial charge >= 0.3 is 5.97 Å². The first-order chi connectivity index (χ1) is 8.81. The Morgan fingerprint density at radius 2 is 2.05 bits per heavy atom. The van der Waals surface area contributed by atoms with Gasteiger partial charge in [0.2, 0.25) is 0 Å². The molecule has 0 saturated carbocycles. The number of ether oxygens (including phenoxy) is 1. The molecule has 0 radical (unpaired) electrons. The maximum absolute atomic E-state index is 11.8. The van der Waals surface area contributed by atoms with Gasteiger partial charge in [0.05, 0.1) is 0 Å². The quantitative estimate of drug-likeness (QED) is 0.628. The van der Waals surface area contributed by atoms with Gasteiger partial charge in [-0.3, -0.25) is 0 Å². The van der Waals surface area contributed by atoms with E-state index in [1.54, 1.807) is 6.08 Å². The number of esters is 1. The first kappa shape index (κ1) is 15.7. The lowest BCUT2D eigenvalue weighted by Crippen LogP contribution is -2.23. The molecule has 0 unspecified atom stereocenters. The van der Waals surface area contributed by atoms with Crippen LogP contribution in [-0.2, 0) is 9.53 Å². The third-order valence-electron chi connectivity index (χ3n) is 2.97. The Labute approximate surface area is 116 Å². The van der Waals surface area contributed by atoms with E-state index in [-0.39, 0.29) is 5.97 Å². The molecular weight excluding hydrogens is 238 g/mol. The van der Waals surface area contributed by atoms with Gasteiger partial charge < -0.3 is 10.5 Å². The minimum absolute atomic E-state index is 0.246. The predicted molar refractivity (Wildman–Crippen MR) is 78.7 cm³/mol. The van der Waals surface area contributed by atoms with E-state index in [1.165, 1.54) is 11.1 Å². The van der Waals surface area contributed by atoms with Crippen molar-refractivity contribution < 1.29 is 9.53 Å². The van der Waals surface area contributed by atoms with Crippen LogP contribution in [0.15, 0.2) is 34.9 Å². The number of hydrogen-bond acceptors (Lipinski definition) is 3. The predicted octanol–water partition coefficient (Wildman–Crippen LogP) is 3.27. The maximum atomic E-state index is 11.8. The highest BCUT2D eigenvalue weighted by molar-refractivity contribution is 5.83. The average molecular weight is 263 g/mol. The largest absolute Gasteiger partial charge is 0.457 e. The molecule has 3 heteroatoms.